The molecule has 0 bridgehead atoms. The van der Waals surface area contributed by atoms with Crippen LogP contribution in [0.3, 0.4) is 0 Å². The summed E-state index contributed by atoms with van der Waals surface area (Å²) in [6, 6.07) is 12.2. The third-order valence-corrected chi connectivity index (χ3v) is 5.49. The number of anilines is 1. The van der Waals surface area contributed by atoms with Gasteiger partial charge < -0.3 is 24.3 Å². The molecule has 0 aliphatic rings. The number of H-pyrrole nitrogens is 1. The Hall–Kier alpha value is -4.58. The van der Waals surface area contributed by atoms with Crippen molar-refractivity contribution in [3.63, 3.8) is 0 Å². The van der Waals surface area contributed by atoms with Crippen molar-refractivity contribution in [3.05, 3.63) is 74.4 Å². The molecular weight excluding hydrogens is 480 g/mol. The van der Waals surface area contributed by atoms with Crippen molar-refractivity contribution in [1.82, 2.24) is 19.1 Å². The van der Waals surface area contributed by atoms with Gasteiger partial charge in [-0.1, -0.05) is 12.1 Å². The number of aromatic hydroxyl groups is 1. The summed E-state index contributed by atoms with van der Waals surface area (Å²) >= 11 is 0. The number of benzene rings is 2. The highest BCUT2D eigenvalue weighted by atomic mass is 16.5. The van der Waals surface area contributed by atoms with Gasteiger partial charge in [-0.05, 0) is 55.3 Å². The van der Waals surface area contributed by atoms with Crippen LogP contribution in [0.4, 0.5) is 5.95 Å². The lowest BCUT2D eigenvalue weighted by molar-refractivity contribution is 0.0938. The van der Waals surface area contributed by atoms with Crippen molar-refractivity contribution >= 4 is 23.3 Å². The second-order valence-electron chi connectivity index (χ2n) is 8.35. The first-order valence-corrected chi connectivity index (χ1v) is 11.6. The maximum absolute atomic E-state index is 12.7. The smallest absolute Gasteiger partial charge is 0.329 e. The number of hydrogen-bond donors (Lipinski definition) is 4. The van der Waals surface area contributed by atoms with E-state index in [2.05, 4.69) is 20.5 Å². The van der Waals surface area contributed by atoms with Gasteiger partial charge in [0.2, 0.25) is 5.95 Å². The Morgan fingerprint density at radius 3 is 2.78 bits per heavy atom. The molecule has 0 radical (unpaired) electrons. The van der Waals surface area contributed by atoms with Gasteiger partial charge in [0.15, 0.2) is 22.7 Å². The molecule has 194 valence electrons. The number of nitrogens with one attached hydrogen (secondary N) is 2. The van der Waals surface area contributed by atoms with Crippen molar-refractivity contribution in [2.75, 3.05) is 18.6 Å². The Kier molecular flexibility index (Phi) is 7.58. The van der Waals surface area contributed by atoms with Gasteiger partial charge in [0.05, 0.1) is 19.4 Å². The first kappa shape index (κ1) is 25.5. The Morgan fingerprint density at radius 1 is 1.22 bits per heavy atom. The van der Waals surface area contributed by atoms with Crippen molar-refractivity contribution in [2.45, 2.75) is 26.5 Å². The molecule has 12 nitrogen and oxygen atoms in total. The fourth-order valence-electron chi connectivity index (χ4n) is 3.71. The van der Waals surface area contributed by atoms with Crippen LogP contribution in [0.1, 0.15) is 18.1 Å². The van der Waals surface area contributed by atoms with E-state index in [0.717, 1.165) is 5.56 Å². The van der Waals surface area contributed by atoms with Crippen molar-refractivity contribution in [2.24, 2.45) is 12.1 Å². The lowest BCUT2D eigenvalue weighted by Crippen LogP contribution is -2.30. The standard InChI is InChI=1S/C25H28N6O6/c1-4-36-20-11-16(8-9-19(20)33)12-26-29-24-27-22-21(23(34)28-25(35)30(22)3)31(24)13-17(32)14-37-18-7-5-6-15(2)10-18/h5-12,17,32-33H,4,13-14H2,1-3H3,(H,27,29)(H,28,34,35)/b26-12+. The molecule has 0 aliphatic heterocycles. The molecule has 1 atom stereocenters. The zero-order chi connectivity index (χ0) is 26.5. The summed E-state index contributed by atoms with van der Waals surface area (Å²) in [5, 5.41) is 24.8. The van der Waals surface area contributed by atoms with Gasteiger partial charge in [0, 0.05) is 7.05 Å². The minimum atomic E-state index is -1.01. The molecule has 0 saturated heterocycles. The van der Waals surface area contributed by atoms with E-state index in [1.807, 2.05) is 32.0 Å². The van der Waals surface area contributed by atoms with Gasteiger partial charge >= 0.3 is 5.69 Å². The number of aromatic nitrogens is 4. The molecule has 0 fully saturated rings. The van der Waals surface area contributed by atoms with Crippen LogP contribution in [0.25, 0.3) is 11.2 Å². The molecule has 0 aliphatic carbocycles. The van der Waals surface area contributed by atoms with Gasteiger partial charge in [-0.25, -0.2) is 10.2 Å². The van der Waals surface area contributed by atoms with Gasteiger partial charge in [-0.2, -0.15) is 10.1 Å². The number of phenols is 1. The molecule has 12 heteroatoms. The number of ether oxygens (including phenoxy) is 2. The third kappa shape index (κ3) is 5.81. The molecular formula is C25H28N6O6. The molecule has 1 unspecified atom stereocenters. The number of aryl methyl sites for hydroxylation is 2. The second-order valence-corrected chi connectivity index (χ2v) is 8.35. The van der Waals surface area contributed by atoms with Gasteiger partial charge in [0.25, 0.3) is 5.56 Å². The summed E-state index contributed by atoms with van der Waals surface area (Å²) in [5.41, 5.74) is 3.39. The van der Waals surface area contributed by atoms with Crippen LogP contribution < -0.4 is 26.1 Å². The van der Waals surface area contributed by atoms with Crippen LogP contribution >= 0.6 is 0 Å². The number of phenolic OH excluding ortho intramolecular Hbond substituents is 1. The first-order valence-electron chi connectivity index (χ1n) is 11.6. The summed E-state index contributed by atoms with van der Waals surface area (Å²) in [7, 11) is 1.48. The minimum absolute atomic E-state index is 0.00997. The van der Waals surface area contributed by atoms with Crippen molar-refractivity contribution in [3.8, 4) is 17.2 Å². The Morgan fingerprint density at radius 2 is 2.03 bits per heavy atom. The van der Waals surface area contributed by atoms with Gasteiger partial charge in [-0.3, -0.25) is 14.3 Å². The minimum Gasteiger partial charge on any atom is -0.504 e. The Labute approximate surface area is 211 Å². The highest BCUT2D eigenvalue weighted by Crippen LogP contribution is 2.26. The molecule has 4 N–H and O–H groups in total. The highest BCUT2D eigenvalue weighted by Gasteiger charge is 2.20. The first-order chi connectivity index (χ1) is 17.8. The summed E-state index contributed by atoms with van der Waals surface area (Å²) in [5.74, 6) is 1.07. The number of aliphatic hydroxyl groups excluding tert-OH is 1. The molecule has 2 heterocycles. The molecule has 2 aromatic heterocycles. The molecule has 2 aromatic carbocycles. The number of hydrazone groups is 1. The average molecular weight is 509 g/mol. The normalized spacial score (nSPS) is 12.2. The van der Waals surface area contributed by atoms with E-state index < -0.39 is 17.4 Å². The predicted octanol–water partition coefficient (Wildman–Crippen LogP) is 1.72. The van der Waals surface area contributed by atoms with E-state index >= 15 is 0 Å². The number of rotatable bonds is 10. The van der Waals surface area contributed by atoms with Crippen LogP contribution in [0.15, 0.2) is 57.2 Å². The number of fused-ring (bicyclic) bond motifs is 1. The highest BCUT2D eigenvalue weighted by molar-refractivity contribution is 5.81. The van der Waals surface area contributed by atoms with Crippen LogP contribution in [0.2, 0.25) is 0 Å². The molecule has 4 rings (SSSR count). The third-order valence-electron chi connectivity index (χ3n) is 5.49. The monoisotopic (exact) mass is 508 g/mol. The quantitative estimate of drug-likeness (QED) is 0.186. The van der Waals surface area contributed by atoms with Crippen LogP contribution in [0.5, 0.6) is 17.2 Å². The van der Waals surface area contributed by atoms with E-state index in [4.69, 9.17) is 9.47 Å². The lowest BCUT2D eigenvalue weighted by Gasteiger charge is -2.15. The zero-order valence-electron chi connectivity index (χ0n) is 20.6. The van der Waals surface area contributed by atoms with Crippen LogP contribution in [-0.4, -0.2) is 54.8 Å². The number of hydrogen-bond acceptors (Lipinski definition) is 9. The van der Waals surface area contributed by atoms with Crippen molar-refractivity contribution in [1.29, 1.82) is 0 Å². The van der Waals surface area contributed by atoms with Crippen LogP contribution in [-0.2, 0) is 13.6 Å². The molecule has 0 saturated carbocycles. The van der Waals surface area contributed by atoms with Crippen LogP contribution in [0, 0.1) is 6.92 Å². The van der Waals surface area contributed by atoms with E-state index in [0.29, 0.717) is 23.7 Å². The second kappa shape index (κ2) is 11.0. The lowest BCUT2D eigenvalue weighted by atomic mass is 10.2. The summed E-state index contributed by atoms with van der Waals surface area (Å²) in [4.78, 5) is 31.4. The number of imidazole rings is 1. The fraction of sp³-hybridized carbons (Fsp3) is 0.280. The molecule has 4 aromatic rings. The van der Waals surface area contributed by atoms with Gasteiger partial charge in [0.1, 0.15) is 18.5 Å². The maximum atomic E-state index is 12.7. The van der Waals surface area contributed by atoms with Crippen molar-refractivity contribution < 1.29 is 19.7 Å². The zero-order valence-corrected chi connectivity index (χ0v) is 20.6. The molecule has 0 spiro atoms. The molecule has 37 heavy (non-hydrogen) atoms. The predicted molar refractivity (Wildman–Crippen MR) is 139 cm³/mol. The molecule has 0 amide bonds. The summed E-state index contributed by atoms with van der Waals surface area (Å²) in [6.45, 7) is 4.03. The Balaban J connectivity index is 1.61. The SMILES string of the molecule is CCOc1cc(/C=N/Nc2nc3c(c(=O)[nH]c(=O)n3C)n2CC(O)COc2cccc(C)c2)ccc1O. The van der Waals surface area contributed by atoms with E-state index in [9.17, 15) is 19.8 Å². The van der Waals surface area contributed by atoms with E-state index in [1.165, 1.54) is 28.5 Å². The topological polar surface area (TPSA) is 156 Å². The number of nitrogens with zero attached hydrogens (tertiary/aromatic N) is 4. The summed E-state index contributed by atoms with van der Waals surface area (Å²) in [6.07, 6.45) is 0.469. The number of aliphatic hydroxyl groups is 1. The average Bonchev–Trinajstić information content (AvgIpc) is 3.22. The Bertz CT molecular complexity index is 1550. The van der Waals surface area contributed by atoms with E-state index in [-0.39, 0.29) is 36.0 Å². The largest absolute Gasteiger partial charge is 0.504 e. The van der Waals surface area contributed by atoms with Gasteiger partial charge in [-0.15, -0.1) is 0 Å². The fourth-order valence-corrected chi connectivity index (χ4v) is 3.71. The van der Waals surface area contributed by atoms with E-state index in [1.54, 1.807) is 18.2 Å². The summed E-state index contributed by atoms with van der Waals surface area (Å²) < 4.78 is 13.7. The maximum Gasteiger partial charge on any atom is 0.329 e. The number of aromatic amines is 1.